The van der Waals surface area contributed by atoms with Crippen LogP contribution in [0.25, 0.3) is 0 Å². The predicted octanol–water partition coefficient (Wildman–Crippen LogP) is 5.01. The van der Waals surface area contributed by atoms with Gasteiger partial charge in [0.1, 0.15) is 17.6 Å². The average molecular weight is 534 g/mol. The number of benzene rings is 3. The van der Waals surface area contributed by atoms with Crippen molar-refractivity contribution in [1.29, 1.82) is 0 Å². The van der Waals surface area contributed by atoms with Crippen molar-refractivity contribution >= 4 is 39.3 Å². The average Bonchev–Trinajstić information content (AvgIpc) is 2.82. The zero-order valence-corrected chi connectivity index (χ0v) is 20.3. The fourth-order valence-electron chi connectivity index (χ4n) is 3.32. The molecule has 3 aromatic carbocycles. The number of hydrogen-bond donors (Lipinski definition) is 1. The molecule has 172 valence electrons. The maximum absolute atomic E-state index is 13.4. The van der Waals surface area contributed by atoms with Crippen LogP contribution in [-0.4, -0.2) is 36.4 Å². The second-order valence-corrected chi connectivity index (χ2v) is 8.65. The number of ether oxygens (including phenoxy) is 1. The minimum Gasteiger partial charge on any atom is -0.482 e. The van der Waals surface area contributed by atoms with Crippen LogP contribution in [0.2, 0.25) is 5.02 Å². The van der Waals surface area contributed by atoms with Crippen molar-refractivity contribution in [2.24, 2.45) is 0 Å². The van der Waals surface area contributed by atoms with Crippen LogP contribution in [0.1, 0.15) is 11.1 Å². The van der Waals surface area contributed by atoms with Gasteiger partial charge >= 0.3 is 0 Å². The van der Waals surface area contributed by atoms with Gasteiger partial charge in [-0.1, -0.05) is 70.0 Å². The molecule has 0 radical (unpaired) electrons. The summed E-state index contributed by atoms with van der Waals surface area (Å²) in [6.45, 7) is -0.202. The van der Waals surface area contributed by atoms with Crippen LogP contribution in [0.3, 0.4) is 0 Å². The highest BCUT2D eigenvalue weighted by molar-refractivity contribution is 9.10. The quantitative estimate of drug-likeness (QED) is 0.421. The molecule has 0 aliphatic heterocycles. The van der Waals surface area contributed by atoms with Crippen molar-refractivity contribution in [2.75, 3.05) is 13.7 Å². The van der Waals surface area contributed by atoms with E-state index in [-0.39, 0.29) is 24.9 Å². The summed E-state index contributed by atoms with van der Waals surface area (Å²) in [6, 6.07) is 19.5. The molecule has 0 bridgehead atoms. The Hall–Kier alpha value is -2.90. The lowest BCUT2D eigenvalue weighted by Gasteiger charge is -2.31. The molecule has 1 N–H and O–H groups in total. The second kappa shape index (κ2) is 11.8. The van der Waals surface area contributed by atoms with Crippen molar-refractivity contribution in [2.45, 2.75) is 19.0 Å². The van der Waals surface area contributed by atoms with Gasteiger partial charge in [-0.3, -0.25) is 9.59 Å². The van der Waals surface area contributed by atoms with Crippen LogP contribution in [-0.2, 0) is 22.6 Å². The van der Waals surface area contributed by atoms with Crippen molar-refractivity contribution in [3.05, 3.63) is 99.2 Å². The molecule has 1 unspecified atom stereocenters. The van der Waals surface area contributed by atoms with Gasteiger partial charge in [-0.25, -0.2) is 4.39 Å². The molecule has 0 heterocycles. The summed E-state index contributed by atoms with van der Waals surface area (Å²) in [5.74, 6) is -0.731. The Labute approximate surface area is 205 Å². The van der Waals surface area contributed by atoms with Crippen LogP contribution < -0.4 is 10.1 Å². The third-order valence-corrected chi connectivity index (χ3v) is 5.82. The summed E-state index contributed by atoms with van der Waals surface area (Å²) in [7, 11) is 1.53. The number of carbonyl (C=O) groups is 2. The van der Waals surface area contributed by atoms with Crippen molar-refractivity contribution in [3.8, 4) is 5.75 Å². The van der Waals surface area contributed by atoms with Gasteiger partial charge in [0.05, 0.1) is 5.02 Å². The largest absolute Gasteiger partial charge is 0.482 e. The number of nitrogens with one attached hydrogen (secondary N) is 1. The van der Waals surface area contributed by atoms with Gasteiger partial charge in [0.25, 0.3) is 5.91 Å². The molecule has 5 nitrogen and oxygen atoms in total. The van der Waals surface area contributed by atoms with E-state index in [0.29, 0.717) is 22.8 Å². The molecule has 3 aromatic rings. The maximum Gasteiger partial charge on any atom is 0.261 e. The minimum atomic E-state index is -0.793. The van der Waals surface area contributed by atoms with E-state index in [1.807, 2.05) is 30.3 Å². The number of rotatable bonds is 9. The van der Waals surface area contributed by atoms with Crippen LogP contribution in [0.15, 0.2) is 77.3 Å². The molecule has 0 saturated heterocycles. The number of carbonyl (C=O) groups excluding carboxylic acids is 2. The molecule has 2 amide bonds. The third-order valence-electron chi connectivity index (χ3n) is 5.03. The van der Waals surface area contributed by atoms with E-state index < -0.39 is 11.9 Å². The first-order valence-corrected chi connectivity index (χ1v) is 11.4. The lowest BCUT2D eigenvalue weighted by atomic mass is 10.0. The molecule has 0 spiro atoms. The lowest BCUT2D eigenvalue weighted by molar-refractivity contribution is -0.142. The Kier molecular flexibility index (Phi) is 8.86. The number of amides is 2. The molecule has 0 fully saturated rings. The molecule has 1 atom stereocenters. The Morgan fingerprint density at radius 3 is 2.39 bits per heavy atom. The molecule has 3 rings (SSSR count). The van der Waals surface area contributed by atoms with Crippen LogP contribution >= 0.6 is 27.5 Å². The van der Waals surface area contributed by atoms with Gasteiger partial charge in [-0.2, -0.15) is 0 Å². The summed E-state index contributed by atoms with van der Waals surface area (Å²) in [5, 5.41) is 3.00. The molecule has 8 heteroatoms. The van der Waals surface area contributed by atoms with Crippen molar-refractivity contribution < 1.29 is 18.7 Å². The maximum atomic E-state index is 13.4. The minimum absolute atomic E-state index is 0.113. The fraction of sp³-hybridized carbons (Fsp3) is 0.200. The Balaban J connectivity index is 1.87. The summed E-state index contributed by atoms with van der Waals surface area (Å²) in [5.41, 5.74) is 1.59. The SMILES string of the molecule is CNC(=O)C(Cc1ccccc1)N(Cc1ccc(F)cc1)C(=O)COc1ccc(Br)cc1Cl. The van der Waals surface area contributed by atoms with E-state index in [4.69, 9.17) is 16.3 Å². The number of hydrogen-bond acceptors (Lipinski definition) is 3. The standard InChI is InChI=1S/C25H23BrClFN2O3/c1-29-25(32)22(13-17-5-3-2-4-6-17)30(15-18-7-10-20(28)11-8-18)24(31)16-33-23-12-9-19(26)14-21(23)27/h2-12,14,22H,13,15-16H2,1H3,(H,29,32). The highest BCUT2D eigenvalue weighted by Crippen LogP contribution is 2.28. The van der Waals surface area contributed by atoms with Gasteiger partial charge in [0.2, 0.25) is 5.91 Å². The Morgan fingerprint density at radius 2 is 1.76 bits per heavy atom. The molecule has 33 heavy (non-hydrogen) atoms. The third kappa shape index (κ3) is 7.04. The van der Waals surface area contributed by atoms with Crippen molar-refractivity contribution in [1.82, 2.24) is 10.2 Å². The normalized spacial score (nSPS) is 11.5. The van der Waals surface area contributed by atoms with Crippen molar-refractivity contribution in [3.63, 3.8) is 0 Å². The zero-order valence-electron chi connectivity index (χ0n) is 17.9. The fourth-order valence-corrected chi connectivity index (χ4v) is 4.05. The first-order valence-electron chi connectivity index (χ1n) is 10.2. The van der Waals surface area contributed by atoms with E-state index in [9.17, 15) is 14.0 Å². The number of likely N-dealkylation sites (N-methyl/N-ethyl adjacent to an activating group) is 1. The zero-order chi connectivity index (χ0) is 23.8. The van der Waals surface area contributed by atoms with Gasteiger partial charge in [0.15, 0.2) is 6.61 Å². The van der Waals surface area contributed by atoms with Crippen LogP contribution in [0, 0.1) is 5.82 Å². The molecular weight excluding hydrogens is 511 g/mol. The Bertz CT molecular complexity index is 1100. The molecular formula is C25H23BrClFN2O3. The van der Waals surface area contributed by atoms with Crippen LogP contribution in [0.5, 0.6) is 5.75 Å². The van der Waals surface area contributed by atoms with Gasteiger partial charge < -0.3 is 15.0 Å². The van der Waals surface area contributed by atoms with Crippen LogP contribution in [0.4, 0.5) is 4.39 Å². The van der Waals surface area contributed by atoms with E-state index >= 15 is 0 Å². The second-order valence-electron chi connectivity index (χ2n) is 7.33. The highest BCUT2D eigenvalue weighted by atomic mass is 79.9. The first kappa shape index (κ1) is 24.7. The predicted molar refractivity (Wildman–Crippen MR) is 130 cm³/mol. The van der Waals surface area contributed by atoms with Gasteiger partial charge in [0, 0.05) is 24.5 Å². The number of nitrogens with zero attached hydrogens (tertiary/aromatic N) is 1. The van der Waals surface area contributed by atoms with Gasteiger partial charge in [-0.05, 0) is 41.5 Å². The summed E-state index contributed by atoms with van der Waals surface area (Å²) in [6.07, 6.45) is 0.312. The number of halogens is 3. The van der Waals surface area contributed by atoms with E-state index in [1.165, 1.54) is 24.1 Å². The van der Waals surface area contributed by atoms with E-state index in [1.54, 1.807) is 30.3 Å². The lowest BCUT2D eigenvalue weighted by Crippen LogP contribution is -2.51. The summed E-state index contributed by atoms with van der Waals surface area (Å²) in [4.78, 5) is 27.6. The highest BCUT2D eigenvalue weighted by Gasteiger charge is 2.30. The first-order chi connectivity index (χ1) is 15.9. The van der Waals surface area contributed by atoms with Gasteiger partial charge in [-0.15, -0.1) is 0 Å². The Morgan fingerprint density at radius 1 is 1.06 bits per heavy atom. The smallest absolute Gasteiger partial charge is 0.261 e. The van der Waals surface area contributed by atoms with E-state index in [2.05, 4.69) is 21.2 Å². The summed E-state index contributed by atoms with van der Waals surface area (Å²) >= 11 is 9.53. The van der Waals surface area contributed by atoms with E-state index in [0.717, 1.165) is 10.0 Å². The molecule has 0 aromatic heterocycles. The topological polar surface area (TPSA) is 58.6 Å². The summed E-state index contributed by atoms with van der Waals surface area (Å²) < 4.78 is 19.9. The molecule has 0 aliphatic rings. The molecule has 0 aliphatic carbocycles. The monoisotopic (exact) mass is 532 g/mol. The molecule has 0 saturated carbocycles.